The molecule has 0 unspecified atom stereocenters. The summed E-state index contributed by atoms with van der Waals surface area (Å²) in [5.41, 5.74) is 3.05. The number of aliphatic imine (C=N–C) groups is 1. The highest BCUT2D eigenvalue weighted by Crippen LogP contribution is 2.50. The first-order chi connectivity index (χ1) is 14.0. The normalized spacial score (nSPS) is 20.1. The molecule has 2 heterocycles. The van der Waals surface area contributed by atoms with Gasteiger partial charge in [-0.05, 0) is 61.0 Å². The number of anilines is 1. The Balaban J connectivity index is 1.72. The second kappa shape index (κ2) is 8.46. The molecule has 29 heavy (non-hydrogen) atoms. The van der Waals surface area contributed by atoms with Gasteiger partial charge < -0.3 is 4.90 Å². The summed E-state index contributed by atoms with van der Waals surface area (Å²) in [6, 6.07) is 13.9. The van der Waals surface area contributed by atoms with E-state index in [0.717, 1.165) is 49.8 Å². The molecule has 0 radical (unpaired) electrons. The van der Waals surface area contributed by atoms with Gasteiger partial charge in [0.15, 0.2) is 5.17 Å². The fourth-order valence-corrected chi connectivity index (χ4v) is 5.77. The van der Waals surface area contributed by atoms with Gasteiger partial charge in [-0.25, -0.2) is 4.99 Å². The van der Waals surface area contributed by atoms with Crippen LogP contribution in [-0.2, 0) is 4.79 Å². The van der Waals surface area contributed by atoms with E-state index in [2.05, 4.69) is 11.8 Å². The van der Waals surface area contributed by atoms with Crippen LogP contribution in [0.5, 0.6) is 0 Å². The number of halogens is 1. The fourth-order valence-electron chi connectivity index (χ4n) is 3.26. The molecule has 1 amide bonds. The van der Waals surface area contributed by atoms with Crippen molar-refractivity contribution in [3.63, 3.8) is 0 Å². The van der Waals surface area contributed by atoms with Gasteiger partial charge in [-0.1, -0.05) is 48.8 Å². The Hall–Kier alpha value is -1.89. The van der Waals surface area contributed by atoms with E-state index in [1.165, 1.54) is 11.8 Å². The summed E-state index contributed by atoms with van der Waals surface area (Å²) in [5.74, 6) is 0.0307. The van der Waals surface area contributed by atoms with Crippen molar-refractivity contribution in [3.05, 3.63) is 63.0 Å². The van der Waals surface area contributed by atoms with Crippen molar-refractivity contribution in [2.75, 3.05) is 18.5 Å². The second-order valence-corrected chi connectivity index (χ2v) is 9.50. The van der Waals surface area contributed by atoms with Crippen LogP contribution in [0.2, 0.25) is 5.02 Å². The van der Waals surface area contributed by atoms with Crippen LogP contribution in [0, 0.1) is 6.92 Å². The lowest BCUT2D eigenvalue weighted by molar-refractivity contribution is -0.122. The minimum absolute atomic E-state index is 0.0307. The summed E-state index contributed by atoms with van der Waals surface area (Å²) < 4.78 is 0. The number of thioether (sulfide) groups is 2. The zero-order valence-electron chi connectivity index (χ0n) is 16.6. The van der Waals surface area contributed by atoms with Gasteiger partial charge in [0.25, 0.3) is 5.91 Å². The van der Waals surface area contributed by atoms with Gasteiger partial charge in [-0.2, -0.15) is 0 Å². The van der Waals surface area contributed by atoms with E-state index in [4.69, 9.17) is 16.6 Å². The summed E-state index contributed by atoms with van der Waals surface area (Å²) in [4.78, 5) is 23.9. The van der Waals surface area contributed by atoms with Gasteiger partial charge in [-0.3, -0.25) is 9.69 Å². The molecule has 1 fully saturated rings. The number of rotatable bonds is 4. The van der Waals surface area contributed by atoms with Crippen molar-refractivity contribution in [1.29, 1.82) is 0 Å². The van der Waals surface area contributed by atoms with Crippen molar-refractivity contribution in [1.82, 2.24) is 4.90 Å². The molecule has 150 valence electrons. The molecule has 0 aromatic heterocycles. The van der Waals surface area contributed by atoms with Gasteiger partial charge in [-0.15, -0.1) is 0 Å². The highest BCUT2D eigenvalue weighted by Gasteiger charge is 2.38. The predicted molar refractivity (Wildman–Crippen MR) is 125 cm³/mol. The molecule has 0 N–H and O–H groups in total. The molecule has 0 saturated carbocycles. The number of amides is 1. The van der Waals surface area contributed by atoms with Crippen LogP contribution in [-0.4, -0.2) is 29.6 Å². The Morgan fingerprint density at radius 3 is 2.72 bits per heavy atom. The maximum atomic E-state index is 13.3. The van der Waals surface area contributed by atoms with E-state index in [0.29, 0.717) is 11.6 Å². The summed E-state index contributed by atoms with van der Waals surface area (Å²) in [6.45, 7) is 4.85. The Bertz CT molecular complexity index is 1030. The molecule has 1 saturated heterocycles. The Morgan fingerprint density at radius 2 is 1.97 bits per heavy atom. The van der Waals surface area contributed by atoms with Crippen molar-refractivity contribution < 1.29 is 4.79 Å². The number of nitrogens with zero attached hydrogens (tertiary/aromatic N) is 3. The zero-order chi connectivity index (χ0) is 20.5. The van der Waals surface area contributed by atoms with Gasteiger partial charge in [0, 0.05) is 23.5 Å². The molecule has 4 rings (SSSR count). The monoisotopic (exact) mass is 443 g/mol. The van der Waals surface area contributed by atoms with Crippen LogP contribution in [0.4, 0.5) is 11.4 Å². The van der Waals surface area contributed by atoms with Crippen LogP contribution < -0.4 is 4.90 Å². The topological polar surface area (TPSA) is 35.9 Å². The van der Waals surface area contributed by atoms with Crippen molar-refractivity contribution in [3.8, 4) is 0 Å². The molecule has 0 aliphatic carbocycles. The molecule has 0 spiro atoms. The number of carbonyl (C=O) groups is 1. The number of unbranched alkanes of at least 4 members (excludes halogenated alkanes) is 1. The molecule has 2 aromatic carbocycles. The van der Waals surface area contributed by atoms with Gasteiger partial charge in [0.1, 0.15) is 4.91 Å². The molecule has 0 bridgehead atoms. The number of fused-ring (bicyclic) bond motifs is 1. The maximum absolute atomic E-state index is 13.3. The molecular formula is C22H22ClN3OS2. The molecule has 2 aromatic rings. The van der Waals surface area contributed by atoms with Crippen LogP contribution in [0.1, 0.15) is 25.3 Å². The first kappa shape index (κ1) is 20.4. The molecule has 2 aliphatic rings. The Kier molecular flexibility index (Phi) is 5.95. The Labute approximate surface area is 185 Å². The number of amidine groups is 1. The lowest BCUT2D eigenvalue weighted by atomic mass is 10.2. The smallest absolute Gasteiger partial charge is 0.269 e. The number of hydrogen-bond acceptors (Lipinski definition) is 5. The minimum atomic E-state index is 0.0307. The first-order valence-corrected chi connectivity index (χ1v) is 11.6. The third kappa shape index (κ3) is 4.06. The number of carbonyl (C=O) groups excluding carboxylic acids is 1. The van der Waals surface area contributed by atoms with Crippen LogP contribution in [0.25, 0.3) is 0 Å². The van der Waals surface area contributed by atoms with Gasteiger partial charge in [0.05, 0.1) is 16.4 Å². The predicted octanol–water partition coefficient (Wildman–Crippen LogP) is 6.42. The van der Waals surface area contributed by atoms with Crippen LogP contribution in [0.15, 0.2) is 62.3 Å². The highest BCUT2D eigenvalue weighted by molar-refractivity contribution is 8.19. The largest absolute Gasteiger partial charge is 0.337 e. The van der Waals surface area contributed by atoms with Crippen molar-refractivity contribution >= 4 is 57.6 Å². The van der Waals surface area contributed by atoms with E-state index in [1.807, 2.05) is 61.3 Å². The summed E-state index contributed by atoms with van der Waals surface area (Å²) >= 11 is 9.26. The first-order valence-electron chi connectivity index (χ1n) is 9.58. The van der Waals surface area contributed by atoms with Crippen molar-refractivity contribution in [2.24, 2.45) is 4.99 Å². The average Bonchev–Trinajstić information content (AvgIpc) is 3.17. The lowest BCUT2D eigenvalue weighted by Gasteiger charge is -2.16. The third-order valence-electron chi connectivity index (χ3n) is 4.81. The molecule has 0 atom stereocenters. The summed E-state index contributed by atoms with van der Waals surface area (Å²) in [5, 5.41) is 2.38. The van der Waals surface area contributed by atoms with E-state index in [9.17, 15) is 4.79 Å². The SMILES string of the molecule is CCCCN1C(=O)/C(=C2/Sc3ccc(Cl)cc3N2C)SC1=Nc1cccc(C)c1. The van der Waals surface area contributed by atoms with E-state index >= 15 is 0 Å². The number of benzene rings is 2. The quantitative estimate of drug-likeness (QED) is 0.510. The van der Waals surface area contributed by atoms with Gasteiger partial charge >= 0.3 is 0 Å². The summed E-state index contributed by atoms with van der Waals surface area (Å²) in [7, 11) is 1.98. The molecule has 7 heteroatoms. The second-order valence-electron chi connectivity index (χ2n) is 7.05. The Morgan fingerprint density at radius 1 is 1.14 bits per heavy atom. The number of aryl methyl sites for hydroxylation is 1. The molecule has 4 nitrogen and oxygen atoms in total. The highest BCUT2D eigenvalue weighted by atomic mass is 35.5. The standard InChI is InChI=1S/C22H22ClN3OS2/c1-4-5-11-26-20(27)19(29-22(26)24-16-8-6-7-14(2)12-16)21-25(3)17-13-15(23)9-10-18(17)28-21/h6-10,12-13H,4-5,11H2,1-3H3/b21-19-,24-22?. The lowest BCUT2D eigenvalue weighted by Crippen LogP contribution is -2.30. The maximum Gasteiger partial charge on any atom is 0.269 e. The van der Waals surface area contributed by atoms with Crippen LogP contribution >= 0.6 is 35.1 Å². The fraction of sp³-hybridized carbons (Fsp3) is 0.273. The third-order valence-corrected chi connectivity index (χ3v) is 7.48. The molecular weight excluding hydrogens is 422 g/mol. The number of hydrogen-bond donors (Lipinski definition) is 0. The van der Waals surface area contributed by atoms with E-state index in [1.54, 1.807) is 11.8 Å². The zero-order valence-corrected chi connectivity index (χ0v) is 19.0. The van der Waals surface area contributed by atoms with Crippen LogP contribution in [0.3, 0.4) is 0 Å². The molecule has 2 aliphatic heterocycles. The summed E-state index contributed by atoms with van der Waals surface area (Å²) in [6.07, 6.45) is 1.97. The average molecular weight is 444 g/mol. The van der Waals surface area contributed by atoms with Gasteiger partial charge in [0.2, 0.25) is 0 Å². The van der Waals surface area contributed by atoms with E-state index < -0.39 is 0 Å². The van der Waals surface area contributed by atoms with E-state index in [-0.39, 0.29) is 5.91 Å². The minimum Gasteiger partial charge on any atom is -0.337 e. The van der Waals surface area contributed by atoms with Crippen molar-refractivity contribution in [2.45, 2.75) is 31.6 Å².